The predicted molar refractivity (Wildman–Crippen MR) is 132 cm³/mol. The monoisotopic (exact) mass is 471 g/mol. The molecule has 3 rings (SSSR count). The van der Waals surface area contributed by atoms with Gasteiger partial charge in [0.25, 0.3) is 0 Å². The van der Waals surface area contributed by atoms with Crippen molar-refractivity contribution in [3.05, 3.63) is 65.7 Å². The summed E-state index contributed by atoms with van der Waals surface area (Å²) in [6.07, 6.45) is 1.10. The number of likely N-dealkylation sites (N-methyl/N-ethyl adjacent to an activating group) is 1. The van der Waals surface area contributed by atoms with Gasteiger partial charge in [-0.1, -0.05) is 56.3 Å². The fourth-order valence-electron chi connectivity index (χ4n) is 4.17. The summed E-state index contributed by atoms with van der Waals surface area (Å²) in [5.74, 6) is 0.333. The number of carbonyl (C=O) groups is 1. The Morgan fingerprint density at radius 2 is 1.58 bits per heavy atom. The Balaban J connectivity index is 1.65. The minimum atomic E-state index is -3.54. The van der Waals surface area contributed by atoms with Crippen LogP contribution in [0.5, 0.6) is 0 Å². The number of amides is 1. The van der Waals surface area contributed by atoms with Crippen LogP contribution in [-0.4, -0.2) is 68.7 Å². The predicted octanol–water partition coefficient (Wildman–Crippen LogP) is 3.80. The standard InChI is InChI=1S/C26H37N3O3S/c1-21(2)23-10-12-25(13-11-23)33(31,32)29-16-14-24(15-17-29)26(30)28(19-18-27(3)4)20-22-8-6-5-7-9-22/h5-13,21,24H,14-20H2,1-4H3. The van der Waals surface area contributed by atoms with Gasteiger partial charge >= 0.3 is 0 Å². The molecule has 6 nitrogen and oxygen atoms in total. The van der Waals surface area contributed by atoms with Crippen LogP contribution in [0.4, 0.5) is 0 Å². The van der Waals surface area contributed by atoms with Gasteiger partial charge in [-0.15, -0.1) is 0 Å². The normalized spacial score (nSPS) is 15.8. The third-order valence-electron chi connectivity index (χ3n) is 6.33. The molecule has 0 N–H and O–H groups in total. The molecule has 1 aliphatic heterocycles. The van der Waals surface area contributed by atoms with Gasteiger partial charge in [-0.3, -0.25) is 4.79 Å². The van der Waals surface area contributed by atoms with Crippen LogP contribution in [-0.2, 0) is 21.4 Å². The summed E-state index contributed by atoms with van der Waals surface area (Å²) in [5.41, 5.74) is 2.23. The molecule has 2 aromatic carbocycles. The van der Waals surface area contributed by atoms with Crippen LogP contribution in [0.2, 0.25) is 0 Å². The van der Waals surface area contributed by atoms with Crippen molar-refractivity contribution in [3.63, 3.8) is 0 Å². The highest BCUT2D eigenvalue weighted by Gasteiger charge is 2.33. The first-order valence-corrected chi connectivity index (χ1v) is 13.2. The number of hydrogen-bond acceptors (Lipinski definition) is 4. The van der Waals surface area contributed by atoms with Gasteiger partial charge in [0.2, 0.25) is 15.9 Å². The molecule has 180 valence electrons. The van der Waals surface area contributed by atoms with E-state index in [0.717, 1.165) is 17.7 Å². The molecule has 0 atom stereocenters. The lowest BCUT2D eigenvalue weighted by atomic mass is 9.96. The summed E-state index contributed by atoms with van der Waals surface area (Å²) in [7, 11) is 0.462. The molecule has 0 aromatic heterocycles. The molecule has 1 saturated heterocycles. The summed E-state index contributed by atoms with van der Waals surface area (Å²) in [5, 5.41) is 0. The zero-order valence-corrected chi connectivity index (χ0v) is 21.1. The number of piperidine rings is 1. The van der Waals surface area contributed by atoms with E-state index in [2.05, 4.69) is 18.7 Å². The van der Waals surface area contributed by atoms with Crippen LogP contribution in [0.25, 0.3) is 0 Å². The third-order valence-corrected chi connectivity index (χ3v) is 8.25. The maximum atomic E-state index is 13.4. The third kappa shape index (κ3) is 6.65. The molecule has 7 heteroatoms. The van der Waals surface area contributed by atoms with Crippen molar-refractivity contribution in [2.75, 3.05) is 40.3 Å². The van der Waals surface area contributed by atoms with Gasteiger partial charge in [0, 0.05) is 38.6 Å². The van der Waals surface area contributed by atoms with Crippen LogP contribution < -0.4 is 0 Å². The van der Waals surface area contributed by atoms with E-state index in [1.54, 1.807) is 12.1 Å². The van der Waals surface area contributed by atoms with Gasteiger partial charge < -0.3 is 9.80 Å². The van der Waals surface area contributed by atoms with Crippen LogP contribution in [0.3, 0.4) is 0 Å². The van der Waals surface area contributed by atoms with Crippen molar-refractivity contribution in [2.45, 2.75) is 44.0 Å². The zero-order valence-electron chi connectivity index (χ0n) is 20.3. The Morgan fingerprint density at radius 1 is 0.970 bits per heavy atom. The van der Waals surface area contributed by atoms with E-state index in [-0.39, 0.29) is 11.8 Å². The molecule has 1 heterocycles. The second-order valence-corrected chi connectivity index (χ2v) is 11.4. The maximum absolute atomic E-state index is 13.4. The van der Waals surface area contributed by atoms with E-state index in [1.165, 1.54) is 4.31 Å². The van der Waals surface area contributed by atoms with Gasteiger partial charge in [0.1, 0.15) is 0 Å². The quantitative estimate of drug-likeness (QED) is 0.558. The minimum absolute atomic E-state index is 0.124. The van der Waals surface area contributed by atoms with E-state index in [0.29, 0.717) is 49.8 Å². The van der Waals surface area contributed by atoms with Crippen LogP contribution in [0.15, 0.2) is 59.5 Å². The van der Waals surface area contributed by atoms with E-state index in [4.69, 9.17) is 0 Å². The summed E-state index contributed by atoms with van der Waals surface area (Å²) in [6, 6.07) is 17.2. The van der Waals surface area contributed by atoms with Crippen LogP contribution in [0.1, 0.15) is 43.7 Å². The summed E-state index contributed by atoms with van der Waals surface area (Å²) in [4.78, 5) is 17.7. The SMILES string of the molecule is CC(C)c1ccc(S(=O)(=O)N2CCC(C(=O)N(CCN(C)C)Cc3ccccc3)CC2)cc1. The molecule has 0 unspecified atom stereocenters. The van der Waals surface area contributed by atoms with Gasteiger partial charge in [-0.05, 0) is 56.1 Å². The van der Waals surface area contributed by atoms with Gasteiger partial charge in [0.15, 0.2) is 0 Å². The molecule has 33 heavy (non-hydrogen) atoms. The Labute approximate surface area is 199 Å². The number of hydrogen-bond donors (Lipinski definition) is 0. The number of sulfonamides is 1. The lowest BCUT2D eigenvalue weighted by Crippen LogP contribution is -2.45. The summed E-state index contributed by atoms with van der Waals surface area (Å²) < 4.78 is 27.8. The van der Waals surface area contributed by atoms with Gasteiger partial charge in [0.05, 0.1) is 4.90 Å². The topological polar surface area (TPSA) is 60.9 Å². The molecule has 0 spiro atoms. The first kappa shape index (κ1) is 25.4. The number of benzene rings is 2. The Morgan fingerprint density at radius 3 is 2.12 bits per heavy atom. The molecule has 1 fully saturated rings. The van der Waals surface area contributed by atoms with Gasteiger partial charge in [-0.2, -0.15) is 4.31 Å². The average molecular weight is 472 g/mol. The first-order valence-electron chi connectivity index (χ1n) is 11.8. The number of nitrogens with zero attached hydrogens (tertiary/aromatic N) is 3. The molecule has 1 amide bonds. The van der Waals surface area contributed by atoms with Crippen LogP contribution >= 0.6 is 0 Å². The molecular formula is C26H37N3O3S. The number of rotatable bonds is 9. The Hall–Kier alpha value is -2.22. The summed E-state index contributed by atoms with van der Waals surface area (Å²) >= 11 is 0. The molecule has 1 aliphatic rings. The van der Waals surface area contributed by atoms with Crippen molar-refractivity contribution >= 4 is 15.9 Å². The van der Waals surface area contributed by atoms with E-state index in [9.17, 15) is 13.2 Å². The highest BCUT2D eigenvalue weighted by molar-refractivity contribution is 7.89. The molecule has 0 saturated carbocycles. The van der Waals surface area contributed by atoms with Crippen molar-refractivity contribution in [1.29, 1.82) is 0 Å². The molecular weight excluding hydrogens is 434 g/mol. The van der Waals surface area contributed by atoms with Crippen molar-refractivity contribution in [2.24, 2.45) is 5.92 Å². The van der Waals surface area contributed by atoms with Crippen molar-refractivity contribution < 1.29 is 13.2 Å². The highest BCUT2D eigenvalue weighted by Crippen LogP contribution is 2.26. The van der Waals surface area contributed by atoms with E-state index < -0.39 is 10.0 Å². The fraction of sp³-hybridized carbons (Fsp3) is 0.500. The lowest BCUT2D eigenvalue weighted by Gasteiger charge is -2.34. The van der Waals surface area contributed by atoms with Crippen molar-refractivity contribution in [3.8, 4) is 0 Å². The van der Waals surface area contributed by atoms with Crippen LogP contribution in [0, 0.1) is 5.92 Å². The largest absolute Gasteiger partial charge is 0.337 e. The average Bonchev–Trinajstić information content (AvgIpc) is 2.82. The van der Waals surface area contributed by atoms with Gasteiger partial charge in [-0.25, -0.2) is 8.42 Å². The Bertz CT molecular complexity index is 997. The lowest BCUT2D eigenvalue weighted by molar-refractivity contribution is -0.137. The second-order valence-electron chi connectivity index (χ2n) is 9.45. The molecule has 2 aromatic rings. The fourth-order valence-corrected chi connectivity index (χ4v) is 5.64. The number of carbonyl (C=O) groups excluding carboxylic acids is 1. The highest BCUT2D eigenvalue weighted by atomic mass is 32.2. The second kappa shape index (κ2) is 11.3. The molecule has 0 bridgehead atoms. The summed E-state index contributed by atoms with van der Waals surface area (Å²) in [6.45, 7) is 6.94. The van der Waals surface area contributed by atoms with E-state index >= 15 is 0 Å². The zero-order chi connectivity index (χ0) is 24.0. The first-order chi connectivity index (χ1) is 15.7. The molecule has 0 radical (unpaired) electrons. The maximum Gasteiger partial charge on any atom is 0.243 e. The Kier molecular flexibility index (Phi) is 8.68. The minimum Gasteiger partial charge on any atom is -0.337 e. The van der Waals surface area contributed by atoms with Crippen molar-refractivity contribution in [1.82, 2.24) is 14.1 Å². The smallest absolute Gasteiger partial charge is 0.243 e. The molecule has 0 aliphatic carbocycles. The van der Waals surface area contributed by atoms with E-state index in [1.807, 2.05) is 61.5 Å².